The van der Waals surface area contributed by atoms with Crippen LogP contribution in [0.5, 0.6) is 0 Å². The van der Waals surface area contributed by atoms with Gasteiger partial charge in [-0.3, -0.25) is 4.21 Å². The van der Waals surface area contributed by atoms with Gasteiger partial charge in [0.1, 0.15) is 6.33 Å². The van der Waals surface area contributed by atoms with Crippen molar-refractivity contribution in [2.45, 2.75) is 11.7 Å². The van der Waals surface area contributed by atoms with Gasteiger partial charge in [-0.1, -0.05) is 29.8 Å². The Morgan fingerprint density at radius 2 is 2.19 bits per heavy atom. The number of halogens is 1. The van der Waals surface area contributed by atoms with Gasteiger partial charge in [0.05, 0.1) is 17.3 Å². The molecule has 0 unspecified atom stereocenters. The predicted molar refractivity (Wildman–Crippen MR) is 62.9 cm³/mol. The van der Waals surface area contributed by atoms with E-state index in [9.17, 15) is 4.21 Å². The van der Waals surface area contributed by atoms with Gasteiger partial charge in [0, 0.05) is 11.3 Å². The van der Waals surface area contributed by atoms with E-state index in [4.69, 9.17) is 11.6 Å². The number of rotatable bonds is 3. The molecule has 4 nitrogen and oxygen atoms in total. The molecule has 1 aromatic heterocycles. The van der Waals surface area contributed by atoms with E-state index >= 15 is 0 Å². The molecular formula is C10H10ClN3OS. The maximum atomic E-state index is 11.4. The Morgan fingerprint density at radius 3 is 2.88 bits per heavy atom. The molecule has 6 heteroatoms. The summed E-state index contributed by atoms with van der Waals surface area (Å²) in [5.41, 5.74) is 0.954. The fourth-order valence-corrected chi connectivity index (χ4v) is 2.19. The number of hydrogen-bond donors (Lipinski definition) is 0. The predicted octanol–water partition coefficient (Wildman–Crippen LogP) is 1.72. The number of hydrogen-bond acceptors (Lipinski definition) is 3. The third kappa shape index (κ3) is 2.31. The SMILES string of the molecule is C[S@@](=O)c1nncn1Cc1ccccc1Cl. The Kier molecular flexibility index (Phi) is 3.36. The first-order valence-corrected chi connectivity index (χ1v) is 6.56. The highest BCUT2D eigenvalue weighted by Crippen LogP contribution is 2.16. The van der Waals surface area contributed by atoms with E-state index in [-0.39, 0.29) is 0 Å². The largest absolute Gasteiger partial charge is 0.302 e. The summed E-state index contributed by atoms with van der Waals surface area (Å²) in [4.78, 5) is 0. The van der Waals surface area contributed by atoms with Gasteiger partial charge >= 0.3 is 0 Å². The van der Waals surface area contributed by atoms with Gasteiger partial charge in [0.2, 0.25) is 5.16 Å². The van der Waals surface area contributed by atoms with E-state index in [0.29, 0.717) is 16.7 Å². The van der Waals surface area contributed by atoms with Gasteiger partial charge < -0.3 is 4.57 Å². The van der Waals surface area contributed by atoms with E-state index in [2.05, 4.69) is 10.2 Å². The summed E-state index contributed by atoms with van der Waals surface area (Å²) >= 11 is 6.04. The second kappa shape index (κ2) is 4.76. The topological polar surface area (TPSA) is 47.8 Å². The van der Waals surface area contributed by atoms with Gasteiger partial charge in [0.25, 0.3) is 0 Å². The smallest absolute Gasteiger partial charge is 0.221 e. The van der Waals surface area contributed by atoms with Gasteiger partial charge in [-0.15, -0.1) is 10.2 Å². The Hall–Kier alpha value is -1.20. The zero-order valence-electron chi connectivity index (χ0n) is 8.63. The van der Waals surface area contributed by atoms with Gasteiger partial charge in [-0.2, -0.15) is 0 Å². The zero-order valence-corrected chi connectivity index (χ0v) is 10.2. The molecule has 0 aliphatic carbocycles. The Bertz CT molecular complexity index is 526. The maximum absolute atomic E-state index is 11.4. The van der Waals surface area contributed by atoms with Crippen molar-refractivity contribution in [3.05, 3.63) is 41.2 Å². The molecule has 0 saturated heterocycles. The van der Waals surface area contributed by atoms with Crippen LogP contribution in [0.2, 0.25) is 5.02 Å². The van der Waals surface area contributed by atoms with Crippen LogP contribution in [0.4, 0.5) is 0 Å². The van der Waals surface area contributed by atoms with Crippen LogP contribution in [0.25, 0.3) is 0 Å². The van der Waals surface area contributed by atoms with E-state index in [0.717, 1.165) is 5.56 Å². The summed E-state index contributed by atoms with van der Waals surface area (Å²) in [6, 6.07) is 7.53. The first-order chi connectivity index (χ1) is 7.68. The normalized spacial score (nSPS) is 12.6. The lowest BCUT2D eigenvalue weighted by molar-refractivity contribution is 0.653. The molecule has 0 bridgehead atoms. The van der Waals surface area contributed by atoms with Crippen LogP contribution < -0.4 is 0 Å². The minimum absolute atomic E-state index is 0.458. The summed E-state index contributed by atoms with van der Waals surface area (Å²) in [5.74, 6) is 0. The number of aromatic nitrogens is 3. The molecule has 16 heavy (non-hydrogen) atoms. The van der Waals surface area contributed by atoms with Crippen LogP contribution in [0, 0.1) is 0 Å². The van der Waals surface area contributed by atoms with Crippen LogP contribution in [-0.2, 0) is 17.3 Å². The van der Waals surface area contributed by atoms with Gasteiger partial charge in [-0.25, -0.2) is 0 Å². The maximum Gasteiger partial charge on any atom is 0.221 e. The quantitative estimate of drug-likeness (QED) is 0.839. The van der Waals surface area contributed by atoms with Crippen LogP contribution in [0.1, 0.15) is 5.56 Å². The lowest BCUT2D eigenvalue weighted by Gasteiger charge is -2.06. The number of benzene rings is 1. The lowest BCUT2D eigenvalue weighted by atomic mass is 10.2. The highest BCUT2D eigenvalue weighted by atomic mass is 35.5. The molecule has 0 aliphatic heterocycles. The standard InChI is InChI=1S/C10H10ClN3OS/c1-16(15)10-13-12-7-14(10)6-8-4-2-3-5-9(8)11/h2-5,7H,6H2,1H3/t16-/m1/s1. The monoisotopic (exact) mass is 255 g/mol. The van der Waals surface area contributed by atoms with Crippen molar-refractivity contribution in [2.24, 2.45) is 0 Å². The minimum Gasteiger partial charge on any atom is -0.302 e. The van der Waals surface area contributed by atoms with Crippen molar-refractivity contribution < 1.29 is 4.21 Å². The molecule has 2 aromatic rings. The van der Waals surface area contributed by atoms with Crippen LogP contribution >= 0.6 is 11.6 Å². The second-order valence-electron chi connectivity index (χ2n) is 3.29. The van der Waals surface area contributed by atoms with Gasteiger partial charge in [-0.05, 0) is 11.6 Å². The van der Waals surface area contributed by atoms with Crippen LogP contribution in [-0.4, -0.2) is 25.2 Å². The lowest BCUT2D eigenvalue weighted by Crippen LogP contribution is -2.05. The second-order valence-corrected chi connectivity index (χ2v) is 4.97. The van der Waals surface area contributed by atoms with Crippen molar-refractivity contribution >= 4 is 22.4 Å². The van der Waals surface area contributed by atoms with Crippen LogP contribution in [0.3, 0.4) is 0 Å². The molecule has 1 aromatic carbocycles. The van der Waals surface area contributed by atoms with E-state index in [1.54, 1.807) is 17.2 Å². The Balaban J connectivity index is 2.31. The highest BCUT2D eigenvalue weighted by molar-refractivity contribution is 7.84. The fraction of sp³-hybridized carbons (Fsp3) is 0.200. The summed E-state index contributed by atoms with van der Waals surface area (Å²) in [6.07, 6.45) is 3.13. The molecule has 0 aliphatic rings. The zero-order chi connectivity index (χ0) is 11.5. The average Bonchev–Trinajstić information content (AvgIpc) is 2.69. The molecule has 0 N–H and O–H groups in total. The van der Waals surface area contributed by atoms with Crippen molar-refractivity contribution in [1.29, 1.82) is 0 Å². The molecule has 1 heterocycles. The molecule has 1 atom stereocenters. The number of nitrogens with zero attached hydrogens (tertiary/aromatic N) is 3. The van der Waals surface area contributed by atoms with Crippen molar-refractivity contribution in [2.75, 3.05) is 6.26 Å². The summed E-state index contributed by atoms with van der Waals surface area (Å²) in [5, 5.41) is 8.70. The van der Waals surface area contributed by atoms with Crippen LogP contribution in [0.15, 0.2) is 35.7 Å². The first-order valence-electron chi connectivity index (χ1n) is 4.63. The average molecular weight is 256 g/mol. The molecule has 0 amide bonds. The van der Waals surface area contributed by atoms with E-state index < -0.39 is 10.8 Å². The summed E-state index contributed by atoms with van der Waals surface area (Å²) in [6.45, 7) is 0.529. The van der Waals surface area contributed by atoms with Crippen molar-refractivity contribution in [3.63, 3.8) is 0 Å². The van der Waals surface area contributed by atoms with Crippen molar-refractivity contribution in [1.82, 2.24) is 14.8 Å². The third-order valence-electron chi connectivity index (χ3n) is 2.14. The van der Waals surface area contributed by atoms with E-state index in [1.807, 2.05) is 24.3 Å². The molecular weight excluding hydrogens is 246 g/mol. The summed E-state index contributed by atoms with van der Waals surface area (Å²) in [7, 11) is -1.14. The van der Waals surface area contributed by atoms with E-state index in [1.165, 1.54) is 0 Å². The van der Waals surface area contributed by atoms with Gasteiger partial charge in [0.15, 0.2) is 0 Å². The fourth-order valence-electron chi connectivity index (χ4n) is 1.39. The van der Waals surface area contributed by atoms with Crippen molar-refractivity contribution in [3.8, 4) is 0 Å². The molecule has 0 fully saturated rings. The highest BCUT2D eigenvalue weighted by Gasteiger charge is 2.09. The molecule has 2 rings (SSSR count). The molecule has 0 radical (unpaired) electrons. The molecule has 84 valence electrons. The minimum atomic E-state index is -1.14. The molecule has 0 saturated carbocycles. The Labute approximate surface area is 101 Å². The molecule has 0 spiro atoms. The Morgan fingerprint density at radius 1 is 1.44 bits per heavy atom. The third-order valence-corrected chi connectivity index (χ3v) is 3.33. The summed E-state index contributed by atoms with van der Waals surface area (Å²) < 4.78 is 13.1. The first kappa shape index (κ1) is 11.3.